The van der Waals surface area contributed by atoms with Crippen LogP contribution in [0.4, 0.5) is 0 Å². The Kier molecular flexibility index (Phi) is 6.42. The van der Waals surface area contributed by atoms with Crippen molar-refractivity contribution in [3.63, 3.8) is 0 Å². The van der Waals surface area contributed by atoms with E-state index in [1.165, 1.54) is 0 Å². The van der Waals surface area contributed by atoms with Gasteiger partial charge >= 0.3 is 0 Å². The average Bonchev–Trinajstić information content (AvgIpc) is 2.84. The summed E-state index contributed by atoms with van der Waals surface area (Å²) >= 11 is 0. The van der Waals surface area contributed by atoms with Crippen LogP contribution in [0.1, 0.15) is 28.8 Å². The third-order valence-electron chi connectivity index (χ3n) is 5.12. The van der Waals surface area contributed by atoms with Crippen LogP contribution in [-0.4, -0.2) is 79.5 Å². The van der Waals surface area contributed by atoms with Crippen molar-refractivity contribution in [1.29, 1.82) is 0 Å². The number of ether oxygens (including phenoxy) is 2. The maximum Gasteiger partial charge on any atom is 0.253 e. The van der Waals surface area contributed by atoms with E-state index >= 15 is 0 Å². The topological polar surface area (TPSA) is 62.2 Å². The van der Waals surface area contributed by atoms with Crippen LogP contribution in [0, 0.1) is 0 Å². The molecule has 0 saturated carbocycles. The predicted molar refractivity (Wildman–Crippen MR) is 94.5 cm³/mol. The number of carbonyl (C=O) groups is 1. The van der Waals surface area contributed by atoms with E-state index in [4.69, 9.17) is 9.47 Å². The largest absolute Gasteiger partial charge is 0.391 e. The Morgan fingerprint density at radius 3 is 2.76 bits per heavy atom. The standard InChI is InChI=1S/C19H28N2O4/c1-24-14-15-3-2-4-16(13-15)19(23)21-7-5-17(18(22)6-8-21)20-9-11-25-12-10-20/h2-4,13,17-18,22H,5-12,14H2,1H3/t17-,18-/m0/s1. The molecule has 25 heavy (non-hydrogen) atoms. The molecule has 2 fully saturated rings. The zero-order valence-electron chi connectivity index (χ0n) is 14.9. The van der Waals surface area contributed by atoms with Crippen LogP contribution in [0.5, 0.6) is 0 Å². The molecule has 0 aromatic heterocycles. The molecule has 1 N–H and O–H groups in total. The van der Waals surface area contributed by atoms with E-state index in [2.05, 4.69) is 4.90 Å². The molecule has 2 aliphatic heterocycles. The number of methoxy groups -OCH3 is 1. The van der Waals surface area contributed by atoms with E-state index < -0.39 is 6.10 Å². The molecular weight excluding hydrogens is 320 g/mol. The summed E-state index contributed by atoms with van der Waals surface area (Å²) in [7, 11) is 1.65. The lowest BCUT2D eigenvalue weighted by Crippen LogP contribution is -2.49. The van der Waals surface area contributed by atoms with Gasteiger partial charge in [-0.3, -0.25) is 9.69 Å². The first kappa shape index (κ1) is 18.3. The van der Waals surface area contributed by atoms with Crippen LogP contribution in [0.2, 0.25) is 0 Å². The number of benzene rings is 1. The first-order valence-corrected chi connectivity index (χ1v) is 9.06. The summed E-state index contributed by atoms with van der Waals surface area (Å²) in [5.74, 6) is 0.0350. The first-order valence-electron chi connectivity index (χ1n) is 9.06. The third-order valence-corrected chi connectivity index (χ3v) is 5.12. The first-order chi connectivity index (χ1) is 12.2. The van der Waals surface area contributed by atoms with Crippen LogP contribution in [0.15, 0.2) is 24.3 Å². The molecule has 0 bridgehead atoms. The highest BCUT2D eigenvalue weighted by Crippen LogP contribution is 2.20. The van der Waals surface area contributed by atoms with Crippen molar-refractivity contribution in [1.82, 2.24) is 9.80 Å². The number of nitrogens with zero attached hydrogens (tertiary/aromatic N) is 2. The zero-order valence-corrected chi connectivity index (χ0v) is 14.9. The molecule has 138 valence electrons. The Morgan fingerprint density at radius 1 is 1.24 bits per heavy atom. The van der Waals surface area contributed by atoms with Crippen molar-refractivity contribution >= 4 is 5.91 Å². The molecule has 0 unspecified atom stereocenters. The number of carbonyl (C=O) groups excluding carboxylic acids is 1. The Morgan fingerprint density at radius 2 is 2.00 bits per heavy atom. The van der Waals surface area contributed by atoms with Crippen molar-refractivity contribution in [3.05, 3.63) is 35.4 Å². The predicted octanol–water partition coefficient (Wildman–Crippen LogP) is 1.13. The normalized spacial score (nSPS) is 25.6. The summed E-state index contributed by atoms with van der Waals surface area (Å²) < 4.78 is 10.6. The highest BCUT2D eigenvalue weighted by Gasteiger charge is 2.32. The summed E-state index contributed by atoms with van der Waals surface area (Å²) in [5, 5.41) is 10.5. The molecule has 0 spiro atoms. The maximum absolute atomic E-state index is 12.9. The number of hydrogen-bond acceptors (Lipinski definition) is 5. The van der Waals surface area contributed by atoms with E-state index in [9.17, 15) is 9.90 Å². The van der Waals surface area contributed by atoms with Gasteiger partial charge in [0.2, 0.25) is 0 Å². The molecule has 1 aromatic carbocycles. The minimum Gasteiger partial charge on any atom is -0.391 e. The number of rotatable bonds is 4. The number of aliphatic hydroxyl groups is 1. The van der Waals surface area contributed by atoms with Gasteiger partial charge in [0.25, 0.3) is 5.91 Å². The maximum atomic E-state index is 12.9. The highest BCUT2D eigenvalue weighted by molar-refractivity contribution is 5.94. The van der Waals surface area contributed by atoms with Gasteiger partial charge in [0.15, 0.2) is 0 Å². The highest BCUT2D eigenvalue weighted by atomic mass is 16.5. The Hall–Kier alpha value is -1.47. The SMILES string of the molecule is COCc1cccc(C(=O)N2CC[C@H](O)[C@@H](N3CCOCC3)CC2)c1. The van der Waals surface area contributed by atoms with Crippen molar-refractivity contribution in [2.45, 2.75) is 31.6 Å². The lowest BCUT2D eigenvalue weighted by Gasteiger charge is -2.36. The van der Waals surface area contributed by atoms with Gasteiger partial charge in [0.1, 0.15) is 0 Å². The fraction of sp³-hybridized carbons (Fsp3) is 0.632. The second kappa shape index (κ2) is 8.76. The van der Waals surface area contributed by atoms with Gasteiger partial charge < -0.3 is 19.5 Å². The second-order valence-corrected chi connectivity index (χ2v) is 6.79. The minimum absolute atomic E-state index is 0.0350. The van der Waals surface area contributed by atoms with E-state index in [1.54, 1.807) is 7.11 Å². The lowest BCUT2D eigenvalue weighted by atomic mass is 10.0. The zero-order chi connectivity index (χ0) is 17.6. The molecule has 1 aromatic rings. The third kappa shape index (κ3) is 4.58. The molecule has 2 heterocycles. The van der Waals surface area contributed by atoms with Crippen molar-refractivity contribution < 1.29 is 19.4 Å². The van der Waals surface area contributed by atoms with E-state index in [1.807, 2.05) is 29.2 Å². The molecule has 3 rings (SSSR count). The summed E-state index contributed by atoms with van der Waals surface area (Å²) in [6.07, 6.45) is 1.02. The molecule has 2 saturated heterocycles. The fourth-order valence-corrected chi connectivity index (χ4v) is 3.75. The summed E-state index contributed by atoms with van der Waals surface area (Å²) in [6, 6.07) is 7.71. The fourth-order valence-electron chi connectivity index (χ4n) is 3.75. The van der Waals surface area contributed by atoms with Gasteiger partial charge in [-0.05, 0) is 30.5 Å². The van der Waals surface area contributed by atoms with Gasteiger partial charge in [0, 0.05) is 44.9 Å². The van der Waals surface area contributed by atoms with E-state index in [0.717, 1.165) is 38.3 Å². The number of likely N-dealkylation sites (tertiary alicyclic amines) is 1. The number of hydrogen-bond donors (Lipinski definition) is 1. The quantitative estimate of drug-likeness (QED) is 0.884. The molecule has 0 radical (unpaired) electrons. The Labute approximate surface area is 149 Å². The number of morpholine rings is 1. The summed E-state index contributed by atoms with van der Waals surface area (Å²) in [4.78, 5) is 17.0. The molecule has 2 atom stereocenters. The minimum atomic E-state index is -0.393. The Balaban J connectivity index is 1.65. The van der Waals surface area contributed by atoms with Crippen LogP contribution < -0.4 is 0 Å². The van der Waals surface area contributed by atoms with Gasteiger partial charge in [-0.2, -0.15) is 0 Å². The van der Waals surface area contributed by atoms with Crippen LogP contribution in [-0.2, 0) is 16.1 Å². The molecule has 6 heteroatoms. The van der Waals surface area contributed by atoms with Gasteiger partial charge in [-0.25, -0.2) is 0 Å². The second-order valence-electron chi connectivity index (χ2n) is 6.79. The van der Waals surface area contributed by atoms with Crippen molar-refractivity contribution in [2.75, 3.05) is 46.5 Å². The monoisotopic (exact) mass is 348 g/mol. The number of amides is 1. The van der Waals surface area contributed by atoms with Crippen LogP contribution in [0.25, 0.3) is 0 Å². The van der Waals surface area contributed by atoms with Gasteiger partial charge in [-0.15, -0.1) is 0 Å². The van der Waals surface area contributed by atoms with Gasteiger partial charge in [-0.1, -0.05) is 12.1 Å². The molecular formula is C19H28N2O4. The van der Waals surface area contributed by atoms with Crippen LogP contribution in [0.3, 0.4) is 0 Å². The molecule has 2 aliphatic rings. The molecule has 6 nitrogen and oxygen atoms in total. The number of aliphatic hydroxyl groups excluding tert-OH is 1. The van der Waals surface area contributed by atoms with Crippen LogP contribution >= 0.6 is 0 Å². The molecule has 0 aliphatic carbocycles. The smallest absolute Gasteiger partial charge is 0.253 e. The van der Waals surface area contributed by atoms with Crippen molar-refractivity contribution in [2.24, 2.45) is 0 Å². The van der Waals surface area contributed by atoms with Gasteiger partial charge in [0.05, 0.1) is 25.9 Å². The average molecular weight is 348 g/mol. The molecule has 1 amide bonds. The summed E-state index contributed by atoms with van der Waals surface area (Å²) in [5.41, 5.74) is 1.68. The Bertz CT molecular complexity index is 574. The van der Waals surface area contributed by atoms with Crippen molar-refractivity contribution in [3.8, 4) is 0 Å². The lowest BCUT2D eigenvalue weighted by molar-refractivity contribution is -0.0222. The van der Waals surface area contributed by atoms with E-state index in [-0.39, 0.29) is 11.9 Å². The summed E-state index contributed by atoms with van der Waals surface area (Å²) in [6.45, 7) is 4.92. The van der Waals surface area contributed by atoms with E-state index in [0.29, 0.717) is 31.7 Å².